The van der Waals surface area contributed by atoms with Crippen LogP contribution in [0.1, 0.15) is 48.0 Å². The first-order chi connectivity index (χ1) is 8.91. The van der Waals surface area contributed by atoms with Crippen LogP contribution in [0.3, 0.4) is 0 Å². The fourth-order valence-corrected chi connectivity index (χ4v) is 3.20. The number of likely N-dealkylation sites (N-methyl/N-ethyl adjacent to an activating group) is 1. The molecule has 1 heterocycles. The van der Waals surface area contributed by atoms with Crippen LogP contribution in [-0.2, 0) is 9.53 Å². The minimum absolute atomic E-state index is 0.182. The summed E-state index contributed by atoms with van der Waals surface area (Å²) >= 11 is 0. The van der Waals surface area contributed by atoms with Crippen LogP contribution in [-0.4, -0.2) is 53.7 Å². The summed E-state index contributed by atoms with van der Waals surface area (Å²) in [7, 11) is 1.78. The van der Waals surface area contributed by atoms with Crippen molar-refractivity contribution in [1.82, 2.24) is 10.2 Å². The molecule has 1 rings (SSSR count). The van der Waals surface area contributed by atoms with Gasteiger partial charge in [-0.05, 0) is 55.0 Å². The Kier molecular flexibility index (Phi) is 4.89. The zero-order valence-electron chi connectivity index (χ0n) is 14.0. The van der Waals surface area contributed by atoms with Crippen LogP contribution < -0.4 is 11.1 Å². The monoisotopic (exact) mass is 285 g/mol. The summed E-state index contributed by atoms with van der Waals surface area (Å²) in [5, 5.41) is 3.06. The molecule has 20 heavy (non-hydrogen) atoms. The first kappa shape index (κ1) is 17.4. The molecule has 3 N–H and O–H groups in total. The molecule has 0 spiro atoms. The minimum atomic E-state index is -0.675. The molecule has 2 atom stereocenters. The number of nitrogens with one attached hydrogen (secondary N) is 1. The molecule has 0 aromatic heterocycles. The fraction of sp³-hybridized carbons (Fsp3) is 0.933. The Morgan fingerprint density at radius 2 is 1.80 bits per heavy atom. The quantitative estimate of drug-likeness (QED) is 0.794. The van der Waals surface area contributed by atoms with E-state index in [9.17, 15) is 4.79 Å². The van der Waals surface area contributed by atoms with Crippen LogP contribution in [0.2, 0.25) is 0 Å². The van der Waals surface area contributed by atoms with Crippen molar-refractivity contribution >= 4 is 5.91 Å². The van der Waals surface area contributed by atoms with Gasteiger partial charge in [0, 0.05) is 19.1 Å². The normalized spacial score (nSPS) is 26.8. The van der Waals surface area contributed by atoms with Crippen LogP contribution in [0, 0.1) is 0 Å². The van der Waals surface area contributed by atoms with Gasteiger partial charge in [-0.15, -0.1) is 0 Å². The average molecular weight is 285 g/mol. The highest BCUT2D eigenvalue weighted by Crippen LogP contribution is 2.30. The van der Waals surface area contributed by atoms with E-state index in [0.29, 0.717) is 6.42 Å². The van der Waals surface area contributed by atoms with Gasteiger partial charge in [0.25, 0.3) is 0 Å². The lowest BCUT2D eigenvalue weighted by molar-refractivity contribution is -0.187. The van der Waals surface area contributed by atoms with Gasteiger partial charge in [0.2, 0.25) is 5.91 Å². The van der Waals surface area contributed by atoms with Gasteiger partial charge in [-0.1, -0.05) is 0 Å². The van der Waals surface area contributed by atoms with Crippen LogP contribution >= 0.6 is 0 Å². The van der Waals surface area contributed by atoms with Gasteiger partial charge in [0.05, 0.1) is 16.7 Å². The van der Waals surface area contributed by atoms with Crippen molar-refractivity contribution in [3.63, 3.8) is 0 Å². The predicted molar refractivity (Wildman–Crippen MR) is 81.6 cm³/mol. The Hall–Kier alpha value is -0.650. The molecule has 0 bridgehead atoms. The van der Waals surface area contributed by atoms with E-state index >= 15 is 0 Å². The Morgan fingerprint density at radius 1 is 1.35 bits per heavy atom. The number of ether oxygens (including phenoxy) is 1. The van der Waals surface area contributed by atoms with Gasteiger partial charge in [0.15, 0.2) is 0 Å². The van der Waals surface area contributed by atoms with Crippen LogP contribution in [0.15, 0.2) is 0 Å². The molecule has 1 aliphatic rings. The molecular weight excluding hydrogens is 254 g/mol. The molecule has 5 heteroatoms. The molecule has 1 aliphatic heterocycles. The number of nitrogens with two attached hydrogens (primary N) is 1. The zero-order chi connectivity index (χ0) is 15.8. The summed E-state index contributed by atoms with van der Waals surface area (Å²) in [6.07, 6.45) is 0.686. The fourth-order valence-electron chi connectivity index (χ4n) is 3.20. The summed E-state index contributed by atoms with van der Waals surface area (Å²) in [5.41, 5.74) is 4.48. The van der Waals surface area contributed by atoms with Crippen LogP contribution in [0.5, 0.6) is 0 Å². The highest BCUT2D eigenvalue weighted by molar-refractivity contribution is 5.84. The number of hydrogen-bond donors (Lipinski definition) is 2. The van der Waals surface area contributed by atoms with E-state index in [1.54, 1.807) is 7.05 Å². The number of carbonyl (C=O) groups is 1. The maximum Gasteiger partial charge on any atom is 0.237 e. The maximum absolute atomic E-state index is 11.6. The summed E-state index contributed by atoms with van der Waals surface area (Å²) < 4.78 is 6.10. The number of morpholine rings is 1. The van der Waals surface area contributed by atoms with Crippen molar-refractivity contribution in [2.24, 2.45) is 5.73 Å². The van der Waals surface area contributed by atoms with Crippen molar-refractivity contribution in [2.45, 2.75) is 70.7 Å². The molecule has 0 radical (unpaired) electrons. The van der Waals surface area contributed by atoms with E-state index in [1.165, 1.54) is 0 Å². The highest BCUT2D eigenvalue weighted by Gasteiger charge is 2.41. The van der Waals surface area contributed by atoms with Gasteiger partial charge in [-0.25, -0.2) is 0 Å². The molecular formula is C15H31N3O2. The van der Waals surface area contributed by atoms with E-state index in [0.717, 1.165) is 13.1 Å². The van der Waals surface area contributed by atoms with Gasteiger partial charge >= 0.3 is 0 Å². The number of nitrogens with zero attached hydrogens (tertiary/aromatic N) is 1. The molecule has 5 nitrogen and oxygen atoms in total. The number of rotatable bonds is 5. The average Bonchev–Trinajstić information content (AvgIpc) is 2.24. The van der Waals surface area contributed by atoms with E-state index in [2.05, 4.69) is 44.8 Å². The third kappa shape index (κ3) is 4.17. The highest BCUT2D eigenvalue weighted by atomic mass is 16.5. The second-order valence-electron chi connectivity index (χ2n) is 7.53. The van der Waals surface area contributed by atoms with Crippen molar-refractivity contribution in [3.8, 4) is 0 Å². The van der Waals surface area contributed by atoms with E-state index in [-0.39, 0.29) is 23.2 Å². The predicted octanol–water partition coefficient (Wildman–Crippen LogP) is 1.12. The number of amides is 1. The summed E-state index contributed by atoms with van der Waals surface area (Å²) in [6, 6.07) is 0.252. The number of carbonyl (C=O) groups excluding carboxylic acids is 1. The van der Waals surface area contributed by atoms with Crippen molar-refractivity contribution < 1.29 is 9.53 Å². The number of primary amides is 1. The lowest BCUT2D eigenvalue weighted by Crippen LogP contribution is -2.61. The minimum Gasteiger partial charge on any atom is -0.368 e. The van der Waals surface area contributed by atoms with Gasteiger partial charge in [0.1, 0.15) is 0 Å². The Labute approximate surface area is 123 Å². The summed E-state index contributed by atoms with van der Waals surface area (Å²) in [5.74, 6) is -0.307. The van der Waals surface area contributed by atoms with Crippen molar-refractivity contribution in [1.29, 1.82) is 0 Å². The van der Waals surface area contributed by atoms with Crippen molar-refractivity contribution in [3.05, 3.63) is 0 Å². The topological polar surface area (TPSA) is 67.6 Å². The summed E-state index contributed by atoms with van der Waals surface area (Å²) in [4.78, 5) is 14.0. The molecule has 1 saturated heterocycles. The second-order valence-corrected chi connectivity index (χ2v) is 7.53. The molecule has 0 aliphatic carbocycles. The van der Waals surface area contributed by atoms with Crippen molar-refractivity contribution in [2.75, 3.05) is 20.1 Å². The van der Waals surface area contributed by atoms with E-state index in [4.69, 9.17) is 10.5 Å². The first-order valence-corrected chi connectivity index (χ1v) is 7.34. The Balaban J connectivity index is 2.81. The standard InChI is InChI=1S/C15H31N3O2/c1-11(8-15(6,17-7)12(16)19)18-9-13(2,3)20-14(4,5)10-18/h11,17H,8-10H2,1-7H3,(H2,16,19). The van der Waals surface area contributed by atoms with Gasteiger partial charge in [-0.2, -0.15) is 0 Å². The second kappa shape index (κ2) is 5.62. The SMILES string of the molecule is CNC(C)(CC(C)N1CC(C)(C)OC(C)(C)C1)C(N)=O. The molecule has 0 saturated carbocycles. The molecule has 0 aromatic rings. The van der Waals surface area contributed by atoms with Crippen LogP contribution in [0.4, 0.5) is 0 Å². The van der Waals surface area contributed by atoms with E-state index in [1.807, 2.05) is 6.92 Å². The third-order valence-corrected chi connectivity index (χ3v) is 4.14. The Morgan fingerprint density at radius 3 is 2.15 bits per heavy atom. The molecule has 0 aromatic carbocycles. The lowest BCUT2D eigenvalue weighted by atomic mass is 9.90. The Bertz CT molecular complexity index is 352. The zero-order valence-corrected chi connectivity index (χ0v) is 14.0. The van der Waals surface area contributed by atoms with Crippen LogP contribution in [0.25, 0.3) is 0 Å². The molecule has 1 fully saturated rings. The molecule has 118 valence electrons. The first-order valence-electron chi connectivity index (χ1n) is 7.34. The molecule has 2 unspecified atom stereocenters. The molecule has 1 amide bonds. The summed E-state index contributed by atoms with van der Waals surface area (Å²) in [6.45, 7) is 14.2. The third-order valence-electron chi connectivity index (χ3n) is 4.14. The lowest BCUT2D eigenvalue weighted by Gasteiger charge is -2.50. The number of hydrogen-bond acceptors (Lipinski definition) is 4. The largest absolute Gasteiger partial charge is 0.368 e. The smallest absolute Gasteiger partial charge is 0.237 e. The van der Waals surface area contributed by atoms with Gasteiger partial charge in [-0.3, -0.25) is 9.69 Å². The van der Waals surface area contributed by atoms with E-state index < -0.39 is 5.54 Å². The van der Waals surface area contributed by atoms with Gasteiger partial charge < -0.3 is 15.8 Å². The maximum atomic E-state index is 11.6.